The lowest BCUT2D eigenvalue weighted by Crippen LogP contribution is -2.33. The van der Waals surface area contributed by atoms with Crippen molar-refractivity contribution in [1.29, 1.82) is 0 Å². The molecule has 2 heterocycles. The smallest absolute Gasteiger partial charge is 0.111 e. The normalized spacial score (nSPS) is 25.8. The molecule has 17 heavy (non-hydrogen) atoms. The van der Waals surface area contributed by atoms with Crippen molar-refractivity contribution in [3.05, 3.63) is 18.2 Å². The van der Waals surface area contributed by atoms with Gasteiger partial charge in [0.25, 0.3) is 0 Å². The summed E-state index contributed by atoms with van der Waals surface area (Å²) < 4.78 is 2.16. The van der Waals surface area contributed by atoms with Gasteiger partial charge in [0.2, 0.25) is 0 Å². The quantitative estimate of drug-likeness (QED) is 0.831. The summed E-state index contributed by atoms with van der Waals surface area (Å²) in [4.78, 5) is 4.39. The molecular weight excluding hydrogens is 214 g/mol. The maximum atomic E-state index is 10.6. The number of aryl methyl sites for hydroxylation is 1. The lowest BCUT2D eigenvalue weighted by molar-refractivity contribution is 0.0258. The van der Waals surface area contributed by atoms with Crippen LogP contribution in [0.1, 0.15) is 38.4 Å². The van der Waals surface area contributed by atoms with Gasteiger partial charge in [0.05, 0.1) is 5.60 Å². The van der Waals surface area contributed by atoms with Crippen LogP contribution in [-0.2, 0) is 13.0 Å². The van der Waals surface area contributed by atoms with Gasteiger partial charge in [0.15, 0.2) is 0 Å². The van der Waals surface area contributed by atoms with Crippen molar-refractivity contribution < 1.29 is 5.11 Å². The van der Waals surface area contributed by atoms with E-state index in [1.165, 1.54) is 0 Å². The summed E-state index contributed by atoms with van der Waals surface area (Å²) in [6.07, 6.45) is 8.38. The fourth-order valence-electron chi connectivity index (χ4n) is 2.54. The number of aliphatic hydroxyl groups is 1. The zero-order valence-electron chi connectivity index (χ0n) is 10.7. The first-order chi connectivity index (χ1) is 8.23. The Balaban J connectivity index is 2.04. The summed E-state index contributed by atoms with van der Waals surface area (Å²) >= 11 is 0. The standard InChI is InChI=1S/C13H23N3O/c1-2-9-16-10-8-15-12(16)11-13(17)4-3-6-14-7-5-13/h8,10,14,17H,2-7,9,11H2,1H3. The molecule has 1 aromatic rings. The fourth-order valence-corrected chi connectivity index (χ4v) is 2.54. The summed E-state index contributed by atoms with van der Waals surface area (Å²) in [5.74, 6) is 1.02. The number of nitrogens with zero attached hydrogens (tertiary/aromatic N) is 2. The van der Waals surface area contributed by atoms with Crippen LogP contribution < -0.4 is 5.32 Å². The van der Waals surface area contributed by atoms with Crippen molar-refractivity contribution in [2.45, 2.75) is 51.2 Å². The number of nitrogens with one attached hydrogen (secondary N) is 1. The molecular formula is C13H23N3O. The second-order valence-electron chi connectivity index (χ2n) is 5.04. The van der Waals surface area contributed by atoms with Crippen LogP contribution in [0.5, 0.6) is 0 Å². The molecule has 0 saturated carbocycles. The number of hydrogen-bond acceptors (Lipinski definition) is 3. The third kappa shape index (κ3) is 3.30. The first-order valence-corrected chi connectivity index (χ1v) is 6.67. The van der Waals surface area contributed by atoms with Crippen LogP contribution >= 0.6 is 0 Å². The fraction of sp³-hybridized carbons (Fsp3) is 0.769. The van der Waals surface area contributed by atoms with E-state index in [9.17, 15) is 5.11 Å². The highest BCUT2D eigenvalue weighted by molar-refractivity contribution is 4.99. The number of imidazole rings is 1. The molecule has 1 aromatic heterocycles. The zero-order chi connectivity index (χ0) is 12.1. The van der Waals surface area contributed by atoms with Crippen LogP contribution in [0.15, 0.2) is 12.4 Å². The van der Waals surface area contributed by atoms with Crippen molar-refractivity contribution in [2.24, 2.45) is 0 Å². The number of rotatable bonds is 4. The molecule has 0 radical (unpaired) electrons. The Kier molecular flexibility index (Phi) is 4.18. The van der Waals surface area contributed by atoms with Crippen molar-refractivity contribution in [3.63, 3.8) is 0 Å². The molecule has 0 spiro atoms. The van der Waals surface area contributed by atoms with Gasteiger partial charge in [0.1, 0.15) is 5.82 Å². The average molecular weight is 237 g/mol. The summed E-state index contributed by atoms with van der Waals surface area (Å²) in [6, 6.07) is 0. The minimum absolute atomic E-state index is 0.569. The van der Waals surface area contributed by atoms with E-state index in [1.807, 2.05) is 12.4 Å². The molecule has 2 N–H and O–H groups in total. The zero-order valence-corrected chi connectivity index (χ0v) is 10.7. The molecule has 2 rings (SSSR count). The largest absolute Gasteiger partial charge is 0.389 e. The summed E-state index contributed by atoms with van der Waals surface area (Å²) in [6.45, 7) is 5.08. The topological polar surface area (TPSA) is 50.1 Å². The predicted molar refractivity (Wildman–Crippen MR) is 67.9 cm³/mol. The maximum absolute atomic E-state index is 10.6. The van der Waals surface area contributed by atoms with E-state index < -0.39 is 5.60 Å². The van der Waals surface area contributed by atoms with Gasteiger partial charge in [-0.1, -0.05) is 6.92 Å². The van der Waals surface area contributed by atoms with Gasteiger partial charge in [-0.15, -0.1) is 0 Å². The van der Waals surface area contributed by atoms with Gasteiger partial charge in [-0.05, 0) is 38.8 Å². The van der Waals surface area contributed by atoms with E-state index in [4.69, 9.17) is 0 Å². The second kappa shape index (κ2) is 5.65. The van der Waals surface area contributed by atoms with Gasteiger partial charge < -0.3 is 15.0 Å². The summed E-state index contributed by atoms with van der Waals surface area (Å²) in [5.41, 5.74) is -0.569. The first kappa shape index (κ1) is 12.6. The SMILES string of the molecule is CCCn1ccnc1CC1(O)CCCNCC1. The molecule has 1 aliphatic heterocycles. The molecule has 0 amide bonds. The van der Waals surface area contributed by atoms with Crippen LogP contribution in [0.2, 0.25) is 0 Å². The van der Waals surface area contributed by atoms with Crippen molar-refractivity contribution in [2.75, 3.05) is 13.1 Å². The molecule has 1 aliphatic rings. The maximum Gasteiger partial charge on any atom is 0.111 e. The molecule has 1 saturated heterocycles. The Morgan fingerprint density at radius 2 is 2.35 bits per heavy atom. The molecule has 0 aliphatic carbocycles. The number of hydrogen-bond donors (Lipinski definition) is 2. The monoisotopic (exact) mass is 237 g/mol. The molecule has 1 fully saturated rings. The van der Waals surface area contributed by atoms with Crippen molar-refractivity contribution in [1.82, 2.24) is 14.9 Å². The Hall–Kier alpha value is -0.870. The molecule has 1 atom stereocenters. The summed E-state index contributed by atoms with van der Waals surface area (Å²) in [7, 11) is 0. The highest BCUT2D eigenvalue weighted by atomic mass is 16.3. The van der Waals surface area contributed by atoms with E-state index >= 15 is 0 Å². The second-order valence-corrected chi connectivity index (χ2v) is 5.04. The highest BCUT2D eigenvalue weighted by Crippen LogP contribution is 2.23. The minimum atomic E-state index is -0.569. The average Bonchev–Trinajstić information content (AvgIpc) is 2.60. The van der Waals surface area contributed by atoms with E-state index in [0.29, 0.717) is 6.42 Å². The predicted octanol–water partition coefficient (Wildman–Crippen LogP) is 1.34. The molecule has 96 valence electrons. The first-order valence-electron chi connectivity index (χ1n) is 6.67. The van der Waals surface area contributed by atoms with E-state index in [2.05, 4.69) is 21.8 Å². The van der Waals surface area contributed by atoms with Gasteiger partial charge in [-0.2, -0.15) is 0 Å². The number of aromatic nitrogens is 2. The molecule has 4 nitrogen and oxygen atoms in total. The van der Waals surface area contributed by atoms with E-state index in [1.54, 1.807) is 0 Å². The summed E-state index contributed by atoms with van der Waals surface area (Å²) in [5, 5.41) is 14.0. The third-order valence-electron chi connectivity index (χ3n) is 3.52. The van der Waals surface area contributed by atoms with Crippen LogP contribution in [0.3, 0.4) is 0 Å². The Morgan fingerprint density at radius 1 is 1.47 bits per heavy atom. The lowest BCUT2D eigenvalue weighted by Gasteiger charge is -2.26. The van der Waals surface area contributed by atoms with Crippen LogP contribution in [0, 0.1) is 0 Å². The Bertz CT molecular complexity index is 340. The third-order valence-corrected chi connectivity index (χ3v) is 3.52. The Labute approximate surface area is 103 Å². The van der Waals surface area contributed by atoms with E-state index in [0.717, 1.165) is 51.1 Å². The highest BCUT2D eigenvalue weighted by Gasteiger charge is 2.29. The van der Waals surface area contributed by atoms with Gasteiger partial charge >= 0.3 is 0 Å². The molecule has 0 aromatic carbocycles. The van der Waals surface area contributed by atoms with Crippen LogP contribution in [0.25, 0.3) is 0 Å². The van der Waals surface area contributed by atoms with Crippen LogP contribution in [-0.4, -0.2) is 33.3 Å². The lowest BCUT2D eigenvalue weighted by atomic mass is 9.91. The van der Waals surface area contributed by atoms with Gasteiger partial charge in [-0.25, -0.2) is 4.98 Å². The van der Waals surface area contributed by atoms with Gasteiger partial charge in [0, 0.05) is 25.4 Å². The van der Waals surface area contributed by atoms with Crippen molar-refractivity contribution in [3.8, 4) is 0 Å². The molecule has 1 unspecified atom stereocenters. The Morgan fingerprint density at radius 3 is 3.18 bits per heavy atom. The van der Waals surface area contributed by atoms with Crippen molar-refractivity contribution >= 4 is 0 Å². The minimum Gasteiger partial charge on any atom is -0.389 e. The van der Waals surface area contributed by atoms with E-state index in [-0.39, 0.29) is 0 Å². The molecule has 0 bridgehead atoms. The van der Waals surface area contributed by atoms with Gasteiger partial charge in [-0.3, -0.25) is 0 Å². The molecule has 4 heteroatoms. The van der Waals surface area contributed by atoms with Crippen LogP contribution in [0.4, 0.5) is 0 Å².